The molecule has 1 heterocycles. The second-order valence-corrected chi connectivity index (χ2v) is 6.29. The molecule has 0 aliphatic carbocycles. The summed E-state index contributed by atoms with van der Waals surface area (Å²) in [5, 5.41) is 35.6. The van der Waals surface area contributed by atoms with E-state index < -0.39 is 68.0 Å². The maximum atomic E-state index is 11.1. The number of ether oxygens (including phenoxy) is 2. The Kier molecular flexibility index (Phi) is 10.6. The van der Waals surface area contributed by atoms with Gasteiger partial charge in [0.05, 0.1) is 37.9 Å². The predicted octanol–water partition coefficient (Wildman–Crippen LogP) is -1.70. The third-order valence-electron chi connectivity index (χ3n) is 4.66. The van der Waals surface area contributed by atoms with Gasteiger partial charge >= 0.3 is 0 Å². The number of aliphatic hydroxyl groups is 2. The average molecular weight is 421 g/mol. The SMILES string of the molecule is CNC(CN=O)[C@@H](N=O)[C@H](N)C(O)CO[C@H]1OC(CO)[C@@H](N=O)C(N=O)[C@H]1N=O. The minimum Gasteiger partial charge on any atom is -0.394 e. The van der Waals surface area contributed by atoms with Gasteiger partial charge in [0.15, 0.2) is 18.4 Å². The van der Waals surface area contributed by atoms with Crippen LogP contribution in [-0.2, 0) is 9.47 Å². The molecule has 5 N–H and O–H groups in total. The van der Waals surface area contributed by atoms with Crippen molar-refractivity contribution in [2.45, 2.75) is 54.7 Å². The van der Waals surface area contributed by atoms with Crippen molar-refractivity contribution in [2.75, 3.05) is 26.8 Å². The first kappa shape index (κ1) is 24.8. The number of nitrogens with one attached hydrogen (secondary N) is 1. The molecule has 1 aliphatic heterocycles. The van der Waals surface area contributed by atoms with Gasteiger partial charge < -0.3 is 30.7 Å². The predicted molar refractivity (Wildman–Crippen MR) is 97.5 cm³/mol. The maximum Gasteiger partial charge on any atom is 0.186 e. The van der Waals surface area contributed by atoms with E-state index in [1.807, 2.05) is 0 Å². The highest BCUT2D eigenvalue weighted by atomic mass is 16.7. The molecule has 0 radical (unpaired) electrons. The minimum atomic E-state index is -1.58. The zero-order valence-corrected chi connectivity index (χ0v) is 15.4. The number of nitrogens with two attached hydrogens (primary N) is 1. The standard InChI is InChI=1S/C13H23N7O9/c1-15-5(2-16-23)9(17-24)8(14)6(22)4-28-13-12(20-27)11(19-26)10(18-25)7(3-21)29-13/h5-13,15,21-22H,2-4,14H2,1H3/t5?,6?,7?,8-,9-,10-,11?,12-,13+/m1/s1. The van der Waals surface area contributed by atoms with Gasteiger partial charge in [0.25, 0.3) is 0 Å². The number of nitroso groups, excluding NO2 is 5. The molecule has 1 aliphatic rings. The van der Waals surface area contributed by atoms with Crippen LogP contribution in [0.3, 0.4) is 0 Å². The summed E-state index contributed by atoms with van der Waals surface area (Å²) in [7, 11) is 1.44. The van der Waals surface area contributed by atoms with Crippen LogP contribution in [0.15, 0.2) is 25.9 Å². The lowest BCUT2D eigenvalue weighted by Crippen LogP contribution is -2.58. The fourth-order valence-electron chi connectivity index (χ4n) is 2.97. The number of hydrogen-bond acceptors (Lipinski definition) is 16. The maximum absolute atomic E-state index is 11.1. The second kappa shape index (κ2) is 12.3. The van der Waals surface area contributed by atoms with Gasteiger partial charge in [-0.3, -0.25) is 0 Å². The second-order valence-electron chi connectivity index (χ2n) is 6.29. The Hall–Kier alpha value is -2.24. The summed E-state index contributed by atoms with van der Waals surface area (Å²) in [5.41, 5.74) is 5.81. The highest BCUT2D eigenvalue weighted by Crippen LogP contribution is 2.28. The first-order valence-corrected chi connectivity index (χ1v) is 8.51. The van der Waals surface area contributed by atoms with E-state index in [0.29, 0.717) is 0 Å². The summed E-state index contributed by atoms with van der Waals surface area (Å²) in [6, 6.07) is -7.97. The molecule has 164 valence electrons. The smallest absolute Gasteiger partial charge is 0.186 e. The van der Waals surface area contributed by atoms with Crippen molar-refractivity contribution in [1.82, 2.24) is 5.32 Å². The zero-order chi connectivity index (χ0) is 22.0. The third kappa shape index (κ3) is 5.87. The van der Waals surface area contributed by atoms with Crippen molar-refractivity contribution in [2.24, 2.45) is 31.6 Å². The van der Waals surface area contributed by atoms with E-state index in [9.17, 15) is 34.7 Å². The van der Waals surface area contributed by atoms with Crippen molar-refractivity contribution in [1.29, 1.82) is 0 Å². The van der Waals surface area contributed by atoms with E-state index >= 15 is 0 Å². The van der Waals surface area contributed by atoms with E-state index in [-0.39, 0.29) is 6.54 Å². The van der Waals surface area contributed by atoms with Crippen LogP contribution in [0, 0.1) is 24.5 Å². The Morgan fingerprint density at radius 1 is 1.10 bits per heavy atom. The average Bonchev–Trinajstić information content (AvgIpc) is 2.75. The number of hydrogen-bond donors (Lipinski definition) is 4. The van der Waals surface area contributed by atoms with Crippen LogP contribution < -0.4 is 11.1 Å². The Labute approximate surface area is 163 Å². The van der Waals surface area contributed by atoms with Crippen LogP contribution in [0.25, 0.3) is 0 Å². The van der Waals surface area contributed by atoms with Gasteiger partial charge in [0.1, 0.15) is 18.2 Å². The van der Waals surface area contributed by atoms with Crippen LogP contribution in [-0.4, -0.2) is 91.8 Å². The Bertz CT molecular complexity index is 571. The van der Waals surface area contributed by atoms with Gasteiger partial charge in [-0.25, -0.2) is 0 Å². The van der Waals surface area contributed by atoms with Crippen LogP contribution in [0.2, 0.25) is 0 Å². The van der Waals surface area contributed by atoms with E-state index in [0.717, 1.165) is 0 Å². The highest BCUT2D eigenvalue weighted by molar-refractivity contribution is 5.02. The van der Waals surface area contributed by atoms with Gasteiger partial charge in [-0.05, 0) is 7.05 Å². The van der Waals surface area contributed by atoms with Crippen molar-refractivity contribution in [3.63, 3.8) is 0 Å². The fraction of sp³-hybridized carbons (Fsp3) is 1.00. The molecule has 0 amide bonds. The monoisotopic (exact) mass is 421 g/mol. The Morgan fingerprint density at radius 2 is 1.72 bits per heavy atom. The Morgan fingerprint density at radius 3 is 2.17 bits per heavy atom. The van der Waals surface area contributed by atoms with Crippen molar-refractivity contribution in [3.05, 3.63) is 24.5 Å². The molecule has 16 heteroatoms. The lowest BCUT2D eigenvalue weighted by molar-refractivity contribution is -0.226. The molecule has 0 saturated carbocycles. The summed E-state index contributed by atoms with van der Waals surface area (Å²) in [5.74, 6) is 0. The molecule has 0 aromatic carbocycles. The molecule has 0 spiro atoms. The topological polar surface area (TPSA) is 244 Å². The summed E-state index contributed by atoms with van der Waals surface area (Å²) >= 11 is 0. The van der Waals surface area contributed by atoms with E-state index in [1.165, 1.54) is 7.05 Å². The van der Waals surface area contributed by atoms with Crippen molar-refractivity contribution >= 4 is 0 Å². The summed E-state index contributed by atoms with van der Waals surface area (Å²) in [6.07, 6.45) is -4.36. The zero-order valence-electron chi connectivity index (χ0n) is 15.4. The van der Waals surface area contributed by atoms with Crippen molar-refractivity contribution in [3.8, 4) is 0 Å². The number of aliphatic hydroxyl groups excluding tert-OH is 2. The van der Waals surface area contributed by atoms with Crippen LogP contribution in [0.4, 0.5) is 0 Å². The van der Waals surface area contributed by atoms with E-state index in [1.54, 1.807) is 0 Å². The first-order valence-electron chi connectivity index (χ1n) is 8.51. The quantitative estimate of drug-likeness (QED) is 0.230. The molecule has 16 nitrogen and oxygen atoms in total. The molecule has 29 heavy (non-hydrogen) atoms. The molecule has 0 bridgehead atoms. The van der Waals surface area contributed by atoms with Crippen LogP contribution >= 0.6 is 0 Å². The van der Waals surface area contributed by atoms with Gasteiger partial charge in [-0.1, -0.05) is 25.9 Å². The number of rotatable bonds is 14. The number of likely N-dealkylation sites (N-methyl/N-ethyl adjacent to an activating group) is 1. The first-order chi connectivity index (χ1) is 13.9. The van der Waals surface area contributed by atoms with Gasteiger partial charge in [0, 0.05) is 0 Å². The molecular formula is C13H23N7O9. The summed E-state index contributed by atoms with van der Waals surface area (Å²) in [4.78, 5) is 54.6. The van der Waals surface area contributed by atoms with Crippen LogP contribution in [0.5, 0.6) is 0 Å². The fourth-order valence-corrected chi connectivity index (χ4v) is 2.97. The lowest BCUT2D eigenvalue weighted by atomic mass is 9.93. The van der Waals surface area contributed by atoms with E-state index in [2.05, 4.69) is 31.2 Å². The molecule has 0 aromatic heterocycles. The Balaban J connectivity index is 2.86. The van der Waals surface area contributed by atoms with Gasteiger partial charge in [0.2, 0.25) is 0 Å². The lowest BCUT2D eigenvalue weighted by Gasteiger charge is -2.38. The van der Waals surface area contributed by atoms with Gasteiger partial charge in [-0.15, -0.1) is 0 Å². The largest absolute Gasteiger partial charge is 0.394 e. The molecule has 1 rings (SSSR count). The molecular weight excluding hydrogens is 398 g/mol. The molecule has 4 unspecified atom stereocenters. The molecule has 0 aromatic rings. The normalized spacial score (nSPS) is 31.1. The number of nitrogens with zero attached hydrogens (tertiary/aromatic N) is 5. The van der Waals surface area contributed by atoms with E-state index in [4.69, 9.17) is 15.2 Å². The summed E-state index contributed by atoms with van der Waals surface area (Å²) < 4.78 is 10.5. The van der Waals surface area contributed by atoms with Gasteiger partial charge in [-0.2, -0.15) is 24.5 Å². The molecule has 1 fully saturated rings. The van der Waals surface area contributed by atoms with Crippen LogP contribution in [0.1, 0.15) is 0 Å². The van der Waals surface area contributed by atoms with Crippen molar-refractivity contribution < 1.29 is 19.7 Å². The third-order valence-corrected chi connectivity index (χ3v) is 4.66. The minimum absolute atomic E-state index is 0.331. The highest BCUT2D eigenvalue weighted by Gasteiger charge is 2.50. The molecule has 9 atom stereocenters. The molecule has 1 saturated heterocycles. The summed E-state index contributed by atoms with van der Waals surface area (Å²) in [6.45, 7) is -1.66.